The summed E-state index contributed by atoms with van der Waals surface area (Å²) in [7, 11) is -0.609. The summed E-state index contributed by atoms with van der Waals surface area (Å²) >= 11 is 1.33. The Morgan fingerprint density at radius 3 is 2.64 bits per heavy atom. The summed E-state index contributed by atoms with van der Waals surface area (Å²) in [5, 5.41) is 12.0. The third-order valence-electron chi connectivity index (χ3n) is 4.57. The first-order chi connectivity index (χ1) is 13.2. The second-order valence-corrected chi connectivity index (χ2v) is 10.0. The van der Waals surface area contributed by atoms with Gasteiger partial charge in [0.2, 0.25) is 15.9 Å². The molecule has 0 saturated heterocycles. The number of hydrogen-bond donors (Lipinski definition) is 1. The molecule has 0 unspecified atom stereocenters. The summed E-state index contributed by atoms with van der Waals surface area (Å²) in [5.41, 5.74) is 1.08. The largest absolute Gasteiger partial charge is 0.325 e. The first-order valence-electron chi connectivity index (χ1n) is 9.13. The molecule has 1 aliphatic carbocycles. The molecule has 1 fully saturated rings. The minimum atomic E-state index is -3.57. The molecule has 3 rings (SSSR count). The van der Waals surface area contributed by atoms with Gasteiger partial charge in [-0.05, 0) is 44.4 Å². The van der Waals surface area contributed by atoms with Gasteiger partial charge in [-0.15, -0.1) is 10.2 Å². The zero-order chi connectivity index (χ0) is 20.5. The Kier molecular flexibility index (Phi) is 6.11. The van der Waals surface area contributed by atoms with Gasteiger partial charge in [-0.3, -0.25) is 4.79 Å². The van der Waals surface area contributed by atoms with Gasteiger partial charge >= 0.3 is 0 Å². The molecule has 10 heteroatoms. The summed E-state index contributed by atoms with van der Waals surface area (Å²) in [6.07, 6.45) is 2.30. The number of aromatic nitrogens is 3. The predicted molar refractivity (Wildman–Crippen MR) is 109 cm³/mol. The zero-order valence-corrected chi connectivity index (χ0v) is 18.1. The Bertz CT molecular complexity index is 981. The number of nitrogens with one attached hydrogen (secondary N) is 1. The van der Waals surface area contributed by atoms with Crippen LogP contribution in [0.4, 0.5) is 5.69 Å². The van der Waals surface area contributed by atoms with Gasteiger partial charge in [0, 0.05) is 32.2 Å². The molecule has 1 saturated carbocycles. The number of rotatable bonds is 8. The van der Waals surface area contributed by atoms with Crippen molar-refractivity contribution in [3.8, 4) is 0 Å². The lowest BCUT2D eigenvalue weighted by Gasteiger charge is -2.15. The Balaban J connectivity index is 1.67. The number of carbonyl (C=O) groups is 1. The van der Waals surface area contributed by atoms with Crippen LogP contribution in [0.3, 0.4) is 0 Å². The number of thioether (sulfide) groups is 1. The maximum atomic E-state index is 12.4. The molecule has 0 atom stereocenters. The van der Waals surface area contributed by atoms with Crippen molar-refractivity contribution in [2.24, 2.45) is 0 Å². The molecular formula is C18H25N5O3S2. The van der Waals surface area contributed by atoms with E-state index in [1.807, 2.05) is 6.92 Å². The molecule has 0 radical (unpaired) electrons. The number of amides is 1. The van der Waals surface area contributed by atoms with Crippen LogP contribution in [-0.2, 0) is 21.4 Å². The number of benzene rings is 1. The molecule has 1 aromatic carbocycles. The first kappa shape index (κ1) is 20.8. The number of hydrogen-bond acceptors (Lipinski definition) is 6. The van der Waals surface area contributed by atoms with E-state index >= 15 is 0 Å². The molecule has 1 heterocycles. The molecular weight excluding hydrogens is 398 g/mol. The van der Waals surface area contributed by atoms with Crippen LogP contribution in [0.5, 0.6) is 0 Å². The molecule has 152 valence electrons. The highest BCUT2D eigenvalue weighted by atomic mass is 32.2. The highest BCUT2D eigenvalue weighted by Crippen LogP contribution is 2.40. The van der Waals surface area contributed by atoms with E-state index in [0.29, 0.717) is 17.2 Å². The quantitative estimate of drug-likeness (QED) is 0.655. The Morgan fingerprint density at radius 2 is 2.04 bits per heavy atom. The fourth-order valence-corrected chi connectivity index (χ4v) is 4.78. The van der Waals surface area contributed by atoms with Gasteiger partial charge in [0.15, 0.2) is 5.16 Å². The molecule has 0 aliphatic heterocycles. The monoisotopic (exact) mass is 423 g/mol. The van der Waals surface area contributed by atoms with E-state index in [1.165, 1.54) is 31.9 Å². The molecule has 1 N–H and O–H groups in total. The van der Waals surface area contributed by atoms with Crippen molar-refractivity contribution in [1.29, 1.82) is 0 Å². The number of anilines is 1. The average Bonchev–Trinajstić information content (AvgIpc) is 3.41. The van der Waals surface area contributed by atoms with Gasteiger partial charge in [-0.25, -0.2) is 12.7 Å². The fourth-order valence-electron chi connectivity index (χ4n) is 2.83. The van der Waals surface area contributed by atoms with E-state index in [-0.39, 0.29) is 16.6 Å². The summed E-state index contributed by atoms with van der Waals surface area (Å²) in [6.45, 7) is 4.54. The number of aryl methyl sites for hydroxylation is 1. The van der Waals surface area contributed by atoms with Crippen molar-refractivity contribution < 1.29 is 13.2 Å². The standard InChI is InChI=1S/C18H25N5O3S2/c1-5-23-17(13-7-8-13)20-21-18(23)27-11-16(24)19-14-9-6-12(2)15(10-14)28(25,26)22(3)4/h6,9-10,13H,5,7-8,11H2,1-4H3,(H,19,24). The van der Waals surface area contributed by atoms with Gasteiger partial charge in [0.05, 0.1) is 10.6 Å². The predicted octanol–water partition coefficient (Wildman–Crippen LogP) is 2.46. The van der Waals surface area contributed by atoms with Crippen molar-refractivity contribution >= 4 is 33.4 Å². The Hall–Kier alpha value is -1.91. The zero-order valence-electron chi connectivity index (χ0n) is 16.5. The minimum absolute atomic E-state index is 0.173. The van der Waals surface area contributed by atoms with Gasteiger partial charge in [-0.1, -0.05) is 17.8 Å². The topological polar surface area (TPSA) is 97.2 Å². The Morgan fingerprint density at radius 1 is 1.32 bits per heavy atom. The highest BCUT2D eigenvalue weighted by Gasteiger charge is 2.30. The molecule has 1 aliphatic rings. The van der Waals surface area contributed by atoms with E-state index in [0.717, 1.165) is 34.7 Å². The van der Waals surface area contributed by atoms with Gasteiger partial charge in [0.1, 0.15) is 5.82 Å². The molecule has 2 aromatic rings. The van der Waals surface area contributed by atoms with Crippen LogP contribution in [0.2, 0.25) is 0 Å². The van der Waals surface area contributed by atoms with Gasteiger partial charge in [0.25, 0.3) is 0 Å². The molecule has 0 spiro atoms. The minimum Gasteiger partial charge on any atom is -0.325 e. The third kappa shape index (κ3) is 4.39. The lowest BCUT2D eigenvalue weighted by Crippen LogP contribution is -2.23. The van der Waals surface area contributed by atoms with Crippen molar-refractivity contribution in [1.82, 2.24) is 19.1 Å². The van der Waals surface area contributed by atoms with E-state index < -0.39 is 10.0 Å². The van der Waals surface area contributed by atoms with Crippen LogP contribution < -0.4 is 5.32 Å². The highest BCUT2D eigenvalue weighted by molar-refractivity contribution is 7.99. The first-order valence-corrected chi connectivity index (χ1v) is 11.6. The van der Waals surface area contributed by atoms with Crippen LogP contribution in [0.15, 0.2) is 28.3 Å². The van der Waals surface area contributed by atoms with Crippen LogP contribution >= 0.6 is 11.8 Å². The van der Waals surface area contributed by atoms with Crippen LogP contribution in [0, 0.1) is 6.92 Å². The molecule has 1 amide bonds. The van der Waals surface area contributed by atoms with E-state index in [2.05, 4.69) is 20.1 Å². The average molecular weight is 424 g/mol. The maximum absolute atomic E-state index is 12.4. The summed E-state index contributed by atoms with van der Waals surface area (Å²) in [6, 6.07) is 4.88. The molecule has 0 bridgehead atoms. The number of carbonyl (C=O) groups excluding carboxylic acids is 1. The van der Waals surface area contributed by atoms with E-state index in [9.17, 15) is 13.2 Å². The lowest BCUT2D eigenvalue weighted by atomic mass is 10.2. The number of sulfonamides is 1. The SMILES string of the molecule is CCn1c(SCC(=O)Nc2ccc(C)c(S(=O)(=O)N(C)C)c2)nnc1C1CC1. The van der Waals surface area contributed by atoms with Gasteiger partial charge in [-0.2, -0.15) is 0 Å². The number of nitrogens with zero attached hydrogens (tertiary/aromatic N) is 4. The van der Waals surface area contributed by atoms with Crippen molar-refractivity contribution in [3.05, 3.63) is 29.6 Å². The van der Waals surface area contributed by atoms with Crippen LogP contribution in [-0.4, -0.2) is 53.2 Å². The summed E-state index contributed by atoms with van der Waals surface area (Å²) in [4.78, 5) is 12.6. The van der Waals surface area contributed by atoms with E-state index in [4.69, 9.17) is 0 Å². The van der Waals surface area contributed by atoms with Crippen molar-refractivity contribution in [2.45, 2.75) is 49.2 Å². The normalized spacial score (nSPS) is 14.5. The smallest absolute Gasteiger partial charge is 0.242 e. The van der Waals surface area contributed by atoms with Crippen LogP contribution in [0.1, 0.15) is 37.1 Å². The van der Waals surface area contributed by atoms with Crippen LogP contribution in [0.25, 0.3) is 0 Å². The molecule has 1 aromatic heterocycles. The summed E-state index contributed by atoms with van der Waals surface area (Å²) < 4.78 is 28.1. The molecule has 8 nitrogen and oxygen atoms in total. The van der Waals surface area contributed by atoms with E-state index in [1.54, 1.807) is 19.1 Å². The summed E-state index contributed by atoms with van der Waals surface area (Å²) in [5.74, 6) is 1.45. The second-order valence-electron chi connectivity index (χ2n) is 6.96. The van der Waals surface area contributed by atoms with Crippen molar-refractivity contribution in [3.63, 3.8) is 0 Å². The Labute approximate surface area is 169 Å². The molecule has 28 heavy (non-hydrogen) atoms. The maximum Gasteiger partial charge on any atom is 0.242 e. The van der Waals surface area contributed by atoms with Crippen molar-refractivity contribution in [2.75, 3.05) is 25.2 Å². The van der Waals surface area contributed by atoms with Gasteiger partial charge < -0.3 is 9.88 Å². The second kappa shape index (κ2) is 8.22. The lowest BCUT2D eigenvalue weighted by molar-refractivity contribution is -0.113. The third-order valence-corrected chi connectivity index (χ3v) is 7.49. The fraction of sp³-hybridized carbons (Fsp3) is 0.500.